The van der Waals surface area contributed by atoms with Crippen molar-refractivity contribution < 1.29 is 24.2 Å². The SMILES string of the molecule is C[C@@H](O)[C@@H](O)[C@H](CO[Si](c1ccccc1)(c1ccccc1)C(C)(C)C)NC(=O)OC(C)(C)C. The number of hydrogen-bond donors (Lipinski definition) is 3. The molecule has 0 aliphatic carbocycles. The van der Waals surface area contributed by atoms with Gasteiger partial charge in [-0.15, -0.1) is 0 Å². The lowest BCUT2D eigenvalue weighted by atomic mass is 10.1. The second-order valence-electron chi connectivity index (χ2n) is 10.5. The molecule has 0 saturated carbocycles. The highest BCUT2D eigenvalue weighted by molar-refractivity contribution is 6.99. The number of amides is 1. The van der Waals surface area contributed by atoms with Crippen molar-refractivity contribution in [2.45, 2.75) is 77.4 Å². The third-order valence-electron chi connectivity index (χ3n) is 5.50. The second kappa shape index (κ2) is 10.8. The van der Waals surface area contributed by atoms with Crippen molar-refractivity contribution in [3.8, 4) is 0 Å². The van der Waals surface area contributed by atoms with E-state index < -0.39 is 38.3 Å². The molecule has 2 rings (SSSR count). The fourth-order valence-electron chi connectivity index (χ4n) is 4.00. The van der Waals surface area contributed by atoms with Crippen LogP contribution in [0.25, 0.3) is 0 Å². The van der Waals surface area contributed by atoms with Crippen molar-refractivity contribution >= 4 is 24.8 Å². The molecule has 0 spiro atoms. The number of benzene rings is 2. The van der Waals surface area contributed by atoms with Gasteiger partial charge in [0.05, 0.1) is 18.8 Å². The van der Waals surface area contributed by atoms with Crippen LogP contribution in [-0.4, -0.2) is 55.1 Å². The molecule has 0 bridgehead atoms. The lowest BCUT2D eigenvalue weighted by Crippen LogP contribution is -2.68. The summed E-state index contributed by atoms with van der Waals surface area (Å²) in [6.07, 6.45) is -2.96. The fraction of sp³-hybridized carbons (Fsp3) is 0.500. The normalized spacial score (nSPS) is 15.4. The molecule has 0 aliphatic heterocycles. The Bertz CT molecular complexity index is 836. The zero-order chi connectivity index (χ0) is 24.9. The van der Waals surface area contributed by atoms with Crippen LogP contribution in [0.1, 0.15) is 48.5 Å². The third-order valence-corrected chi connectivity index (χ3v) is 10.5. The number of aliphatic hydroxyl groups excluding tert-OH is 2. The Balaban J connectivity index is 2.48. The van der Waals surface area contributed by atoms with Gasteiger partial charge in [0, 0.05) is 0 Å². The third kappa shape index (κ3) is 6.90. The Hall–Kier alpha value is -2.19. The summed E-state index contributed by atoms with van der Waals surface area (Å²) in [4.78, 5) is 12.5. The minimum atomic E-state index is -2.88. The summed E-state index contributed by atoms with van der Waals surface area (Å²) in [5, 5.41) is 25.4. The van der Waals surface area contributed by atoms with Gasteiger partial charge >= 0.3 is 6.09 Å². The van der Waals surface area contributed by atoms with Crippen LogP contribution in [0.4, 0.5) is 4.79 Å². The maximum absolute atomic E-state index is 12.5. The van der Waals surface area contributed by atoms with E-state index in [0.717, 1.165) is 10.4 Å². The zero-order valence-electron chi connectivity index (χ0n) is 20.8. The predicted molar refractivity (Wildman–Crippen MR) is 134 cm³/mol. The summed E-state index contributed by atoms with van der Waals surface area (Å²) < 4.78 is 12.2. The molecule has 6 nitrogen and oxygen atoms in total. The second-order valence-corrected chi connectivity index (χ2v) is 14.8. The van der Waals surface area contributed by atoms with Gasteiger partial charge in [-0.05, 0) is 43.1 Å². The highest BCUT2D eigenvalue weighted by Crippen LogP contribution is 2.36. The van der Waals surface area contributed by atoms with E-state index in [-0.39, 0.29) is 11.6 Å². The van der Waals surface area contributed by atoms with Crippen molar-refractivity contribution in [2.24, 2.45) is 0 Å². The summed E-state index contributed by atoms with van der Waals surface area (Å²) in [5.41, 5.74) is -0.691. The number of carbonyl (C=O) groups excluding carboxylic acids is 1. The Morgan fingerprint density at radius 1 is 0.909 bits per heavy atom. The first-order chi connectivity index (χ1) is 15.3. The molecular weight excluding hydrogens is 434 g/mol. The summed E-state index contributed by atoms with van der Waals surface area (Å²) in [6, 6.07) is 19.4. The maximum Gasteiger partial charge on any atom is 0.408 e. The number of hydrogen-bond acceptors (Lipinski definition) is 5. The van der Waals surface area contributed by atoms with Crippen molar-refractivity contribution in [3.05, 3.63) is 60.7 Å². The molecule has 33 heavy (non-hydrogen) atoms. The average Bonchev–Trinajstić information content (AvgIpc) is 2.72. The van der Waals surface area contributed by atoms with E-state index in [4.69, 9.17) is 9.16 Å². The number of ether oxygens (including phenoxy) is 1. The number of carbonyl (C=O) groups is 1. The predicted octanol–water partition coefficient (Wildman–Crippen LogP) is 3.20. The van der Waals surface area contributed by atoms with Crippen LogP contribution >= 0.6 is 0 Å². The van der Waals surface area contributed by atoms with Crippen molar-refractivity contribution in [1.29, 1.82) is 0 Å². The van der Waals surface area contributed by atoms with Crippen LogP contribution in [0.3, 0.4) is 0 Å². The standard InChI is InChI=1S/C26H39NO5Si/c1-19(28)23(29)22(27-24(30)32-25(2,3)4)18-31-33(26(5,6)7,20-14-10-8-11-15-20)21-16-12-9-13-17-21/h8-17,19,22-23,28-29H,18H2,1-7H3,(H,27,30)/t19-,22+,23-/m1/s1. The molecule has 1 amide bonds. The van der Waals surface area contributed by atoms with Gasteiger partial charge in [0.25, 0.3) is 8.32 Å². The Morgan fingerprint density at radius 3 is 1.73 bits per heavy atom. The van der Waals surface area contributed by atoms with Gasteiger partial charge in [0.1, 0.15) is 11.7 Å². The first kappa shape index (κ1) is 27.1. The molecule has 3 N–H and O–H groups in total. The molecule has 3 atom stereocenters. The molecule has 2 aromatic rings. The summed E-state index contributed by atoms with van der Waals surface area (Å²) in [5.74, 6) is 0. The minimum Gasteiger partial charge on any atom is -0.444 e. The molecule has 0 aromatic heterocycles. The number of nitrogens with one attached hydrogen (secondary N) is 1. The van der Waals surface area contributed by atoms with E-state index in [1.807, 2.05) is 36.4 Å². The number of alkyl carbamates (subject to hydrolysis) is 1. The molecule has 0 heterocycles. The highest BCUT2D eigenvalue weighted by Gasteiger charge is 2.50. The van der Waals surface area contributed by atoms with E-state index in [9.17, 15) is 15.0 Å². The molecule has 0 unspecified atom stereocenters. The molecule has 182 valence electrons. The highest BCUT2D eigenvalue weighted by atomic mass is 28.4. The van der Waals surface area contributed by atoms with Crippen molar-refractivity contribution in [1.82, 2.24) is 5.32 Å². The van der Waals surface area contributed by atoms with Crippen LogP contribution in [-0.2, 0) is 9.16 Å². The van der Waals surface area contributed by atoms with Crippen LogP contribution in [0.5, 0.6) is 0 Å². The number of aliphatic hydroxyl groups is 2. The van der Waals surface area contributed by atoms with Crippen LogP contribution < -0.4 is 15.7 Å². The average molecular weight is 474 g/mol. The zero-order valence-corrected chi connectivity index (χ0v) is 21.8. The lowest BCUT2D eigenvalue weighted by Gasteiger charge is -2.44. The van der Waals surface area contributed by atoms with Crippen molar-refractivity contribution in [3.63, 3.8) is 0 Å². The van der Waals surface area contributed by atoms with E-state index in [0.29, 0.717) is 0 Å². The first-order valence-electron chi connectivity index (χ1n) is 11.4. The monoisotopic (exact) mass is 473 g/mol. The van der Waals surface area contributed by atoms with Crippen molar-refractivity contribution in [2.75, 3.05) is 6.61 Å². The van der Waals surface area contributed by atoms with Gasteiger partial charge < -0.3 is 24.7 Å². The smallest absolute Gasteiger partial charge is 0.408 e. The van der Waals surface area contributed by atoms with Crippen LogP contribution in [0, 0.1) is 0 Å². The Kier molecular flexibility index (Phi) is 8.87. The van der Waals surface area contributed by atoms with Gasteiger partial charge in [-0.3, -0.25) is 0 Å². The minimum absolute atomic E-state index is 0.0125. The van der Waals surface area contributed by atoms with Gasteiger partial charge in [-0.2, -0.15) is 0 Å². The summed E-state index contributed by atoms with van der Waals surface area (Å²) >= 11 is 0. The van der Waals surface area contributed by atoms with E-state index in [1.54, 1.807) is 20.8 Å². The van der Waals surface area contributed by atoms with E-state index in [2.05, 4.69) is 50.4 Å². The Morgan fingerprint density at radius 2 is 1.36 bits per heavy atom. The van der Waals surface area contributed by atoms with Gasteiger partial charge in [-0.25, -0.2) is 4.79 Å². The van der Waals surface area contributed by atoms with E-state index in [1.165, 1.54) is 6.92 Å². The lowest BCUT2D eigenvalue weighted by molar-refractivity contribution is -0.0110. The topological polar surface area (TPSA) is 88.0 Å². The summed E-state index contributed by atoms with van der Waals surface area (Å²) in [7, 11) is -2.88. The van der Waals surface area contributed by atoms with Gasteiger partial charge in [0.15, 0.2) is 0 Å². The van der Waals surface area contributed by atoms with Gasteiger partial charge in [-0.1, -0.05) is 81.4 Å². The first-order valence-corrected chi connectivity index (χ1v) is 13.3. The molecule has 7 heteroatoms. The van der Waals surface area contributed by atoms with E-state index >= 15 is 0 Å². The molecule has 0 aliphatic rings. The van der Waals surface area contributed by atoms with Gasteiger partial charge in [0.2, 0.25) is 0 Å². The molecule has 0 saturated heterocycles. The number of rotatable bonds is 8. The maximum atomic E-state index is 12.5. The summed E-state index contributed by atoms with van der Waals surface area (Å²) in [6.45, 7) is 13.3. The molecule has 0 fully saturated rings. The fourth-order valence-corrected chi connectivity index (χ4v) is 8.58. The molecule has 2 aromatic carbocycles. The largest absolute Gasteiger partial charge is 0.444 e. The molecular formula is C26H39NO5Si. The quantitative estimate of drug-likeness (QED) is 0.513. The van der Waals surface area contributed by atoms with Crippen LogP contribution in [0.2, 0.25) is 5.04 Å². The molecule has 0 radical (unpaired) electrons. The Labute approximate surface area is 199 Å². The van der Waals surface area contributed by atoms with Crippen LogP contribution in [0.15, 0.2) is 60.7 Å².